The second-order valence-electron chi connectivity index (χ2n) is 2.37. The van der Waals surface area contributed by atoms with Gasteiger partial charge in [0.15, 0.2) is 17.1 Å². The molecule has 1 N–H and O–H groups in total. The van der Waals surface area contributed by atoms with Crippen LogP contribution in [0.5, 0.6) is 0 Å². The number of methoxy groups -OCH3 is 2. The fourth-order valence-corrected chi connectivity index (χ4v) is 0.908. The van der Waals surface area contributed by atoms with Crippen molar-refractivity contribution in [2.24, 2.45) is 5.18 Å². The quantitative estimate of drug-likeness (QED) is 0.573. The minimum absolute atomic E-state index is 0.284. The van der Waals surface area contributed by atoms with Crippen LogP contribution < -0.4 is 0 Å². The topological polar surface area (TPSA) is 111 Å². The second kappa shape index (κ2) is 4.31. The number of carbonyl (C=O) groups excluding carboxylic acids is 2. The van der Waals surface area contributed by atoms with E-state index in [1.807, 2.05) is 0 Å². The smallest absolute Gasteiger partial charge is 0.361 e. The zero-order chi connectivity index (χ0) is 11.4. The monoisotopic (exact) mass is 213 g/mol. The Labute approximate surface area is 83.5 Å². The van der Waals surface area contributed by atoms with Crippen molar-refractivity contribution in [3.05, 3.63) is 16.3 Å². The molecule has 15 heavy (non-hydrogen) atoms. The van der Waals surface area contributed by atoms with Gasteiger partial charge in [-0.05, 0) is 5.18 Å². The predicted molar refractivity (Wildman–Crippen MR) is 46.7 cm³/mol. The van der Waals surface area contributed by atoms with Gasteiger partial charge in [-0.25, -0.2) is 9.59 Å². The molecule has 0 aliphatic heterocycles. The van der Waals surface area contributed by atoms with E-state index in [4.69, 9.17) is 0 Å². The van der Waals surface area contributed by atoms with Crippen LogP contribution in [0.2, 0.25) is 0 Å². The average Bonchev–Trinajstić information content (AvgIpc) is 2.70. The first kappa shape index (κ1) is 10.8. The number of nitrogens with one attached hydrogen (secondary N) is 1. The van der Waals surface area contributed by atoms with Crippen molar-refractivity contribution in [3.63, 3.8) is 0 Å². The molecule has 0 spiro atoms. The Bertz CT molecular complexity index is 377. The third-order valence-corrected chi connectivity index (χ3v) is 1.60. The molecule has 0 amide bonds. The lowest BCUT2D eigenvalue weighted by atomic mass is 10.3. The van der Waals surface area contributed by atoms with Gasteiger partial charge in [0, 0.05) is 0 Å². The number of nitrogens with zero attached hydrogens (tertiary/aromatic N) is 2. The first-order chi connectivity index (χ1) is 7.15. The maximum Gasteiger partial charge on any atom is 0.361 e. The van der Waals surface area contributed by atoms with E-state index in [2.05, 4.69) is 24.8 Å². The number of esters is 2. The number of H-pyrrole nitrogens is 1. The van der Waals surface area contributed by atoms with Crippen molar-refractivity contribution in [1.82, 2.24) is 10.2 Å². The standard InChI is InChI=1S/C7H7N3O5/c1-14-6(11)4-3(10-13)5(9-8-4)7(12)15-2/h1-2H3,(H,8,9). The number of nitroso groups, excluding NO2 is 1. The van der Waals surface area contributed by atoms with Gasteiger partial charge in [0.1, 0.15) is 0 Å². The van der Waals surface area contributed by atoms with Crippen molar-refractivity contribution < 1.29 is 19.1 Å². The zero-order valence-corrected chi connectivity index (χ0v) is 7.94. The molecule has 0 saturated carbocycles. The normalized spacial score (nSPS) is 9.47. The molecule has 0 fully saturated rings. The fraction of sp³-hybridized carbons (Fsp3) is 0.286. The molecule has 0 aliphatic carbocycles. The average molecular weight is 213 g/mol. The Kier molecular flexibility index (Phi) is 3.11. The molecule has 1 rings (SSSR count). The van der Waals surface area contributed by atoms with Gasteiger partial charge in [-0.2, -0.15) is 5.10 Å². The summed E-state index contributed by atoms with van der Waals surface area (Å²) in [6.07, 6.45) is 0. The van der Waals surface area contributed by atoms with E-state index in [0.717, 1.165) is 14.2 Å². The molecule has 0 saturated heterocycles. The zero-order valence-electron chi connectivity index (χ0n) is 7.94. The van der Waals surface area contributed by atoms with Crippen LogP contribution in [0.1, 0.15) is 21.0 Å². The summed E-state index contributed by atoms with van der Waals surface area (Å²) in [5.74, 6) is -1.71. The molecule has 1 aromatic heterocycles. The largest absolute Gasteiger partial charge is 0.464 e. The van der Waals surface area contributed by atoms with Gasteiger partial charge in [0.25, 0.3) is 0 Å². The highest BCUT2D eigenvalue weighted by atomic mass is 16.5. The number of hydrogen-bond acceptors (Lipinski definition) is 7. The van der Waals surface area contributed by atoms with E-state index >= 15 is 0 Å². The maximum atomic E-state index is 11.1. The van der Waals surface area contributed by atoms with E-state index in [9.17, 15) is 14.5 Å². The van der Waals surface area contributed by atoms with Gasteiger partial charge in [-0.15, -0.1) is 4.91 Å². The lowest BCUT2D eigenvalue weighted by molar-refractivity contribution is 0.0588. The third kappa shape index (κ3) is 1.82. The Balaban J connectivity index is 3.22. The molecular weight excluding hydrogens is 206 g/mol. The van der Waals surface area contributed by atoms with Crippen LogP contribution in [0.15, 0.2) is 5.18 Å². The summed E-state index contributed by atoms with van der Waals surface area (Å²) in [4.78, 5) is 32.6. The lowest BCUT2D eigenvalue weighted by Crippen LogP contribution is -2.03. The number of ether oxygens (including phenoxy) is 2. The summed E-state index contributed by atoms with van der Waals surface area (Å²) in [6.45, 7) is 0. The van der Waals surface area contributed by atoms with Crippen molar-refractivity contribution in [3.8, 4) is 0 Å². The molecule has 80 valence electrons. The number of aromatic nitrogens is 2. The molecule has 0 aromatic carbocycles. The molecule has 8 heteroatoms. The van der Waals surface area contributed by atoms with Gasteiger partial charge in [0.2, 0.25) is 0 Å². The Morgan fingerprint density at radius 1 is 1.27 bits per heavy atom. The summed E-state index contributed by atoms with van der Waals surface area (Å²) in [5, 5.41) is 8.13. The summed E-state index contributed by atoms with van der Waals surface area (Å²) < 4.78 is 8.68. The molecule has 1 aromatic rings. The predicted octanol–water partition coefficient (Wildman–Crippen LogP) is 0.381. The number of rotatable bonds is 3. The van der Waals surface area contributed by atoms with Crippen molar-refractivity contribution in [2.75, 3.05) is 14.2 Å². The Morgan fingerprint density at radius 2 is 1.87 bits per heavy atom. The molecule has 0 atom stereocenters. The van der Waals surface area contributed by atoms with Crippen LogP contribution in [0, 0.1) is 4.91 Å². The van der Waals surface area contributed by atoms with E-state index in [1.54, 1.807) is 0 Å². The van der Waals surface area contributed by atoms with Gasteiger partial charge in [0.05, 0.1) is 14.2 Å². The van der Waals surface area contributed by atoms with E-state index in [1.165, 1.54) is 0 Å². The van der Waals surface area contributed by atoms with Gasteiger partial charge < -0.3 is 9.47 Å². The third-order valence-electron chi connectivity index (χ3n) is 1.60. The Hall–Kier alpha value is -2.25. The highest BCUT2D eigenvalue weighted by Gasteiger charge is 2.25. The van der Waals surface area contributed by atoms with Crippen molar-refractivity contribution >= 4 is 17.6 Å². The first-order valence-electron chi connectivity index (χ1n) is 3.74. The molecule has 8 nitrogen and oxygen atoms in total. The lowest BCUT2D eigenvalue weighted by Gasteiger charge is -1.95. The first-order valence-corrected chi connectivity index (χ1v) is 3.74. The summed E-state index contributed by atoms with van der Waals surface area (Å²) in [6, 6.07) is 0. The van der Waals surface area contributed by atoms with Gasteiger partial charge in [-0.1, -0.05) is 0 Å². The number of carbonyl (C=O) groups is 2. The van der Waals surface area contributed by atoms with E-state index in [-0.39, 0.29) is 11.4 Å². The molecule has 0 radical (unpaired) electrons. The highest BCUT2D eigenvalue weighted by molar-refractivity contribution is 6.00. The SMILES string of the molecule is COC(=O)c1n[nH]c(C(=O)OC)c1N=O. The van der Waals surface area contributed by atoms with Crippen LogP contribution in [0.25, 0.3) is 0 Å². The van der Waals surface area contributed by atoms with Crippen LogP contribution >= 0.6 is 0 Å². The van der Waals surface area contributed by atoms with Gasteiger partial charge in [-0.3, -0.25) is 5.10 Å². The Morgan fingerprint density at radius 3 is 2.33 bits per heavy atom. The molecule has 1 heterocycles. The second-order valence-corrected chi connectivity index (χ2v) is 2.37. The number of aromatic amines is 1. The van der Waals surface area contributed by atoms with Crippen LogP contribution in [-0.4, -0.2) is 36.4 Å². The summed E-state index contributed by atoms with van der Waals surface area (Å²) >= 11 is 0. The summed E-state index contributed by atoms with van der Waals surface area (Å²) in [7, 11) is 2.24. The highest BCUT2D eigenvalue weighted by Crippen LogP contribution is 2.22. The molecule has 0 aliphatic rings. The molecule has 0 unspecified atom stereocenters. The van der Waals surface area contributed by atoms with Crippen LogP contribution in [0.3, 0.4) is 0 Å². The maximum absolute atomic E-state index is 11.1. The van der Waals surface area contributed by atoms with Crippen LogP contribution in [-0.2, 0) is 9.47 Å². The number of hydrogen-bond donors (Lipinski definition) is 1. The minimum Gasteiger partial charge on any atom is -0.464 e. The van der Waals surface area contributed by atoms with E-state index in [0.29, 0.717) is 0 Å². The fourth-order valence-electron chi connectivity index (χ4n) is 0.908. The van der Waals surface area contributed by atoms with Gasteiger partial charge >= 0.3 is 11.9 Å². The van der Waals surface area contributed by atoms with Crippen molar-refractivity contribution in [1.29, 1.82) is 0 Å². The molecule has 0 bridgehead atoms. The summed E-state index contributed by atoms with van der Waals surface area (Å²) in [5.41, 5.74) is -1.06. The van der Waals surface area contributed by atoms with Crippen LogP contribution in [0.4, 0.5) is 5.69 Å². The van der Waals surface area contributed by atoms with E-state index < -0.39 is 17.6 Å². The van der Waals surface area contributed by atoms with Crippen molar-refractivity contribution in [2.45, 2.75) is 0 Å². The minimum atomic E-state index is -0.865. The molecular formula is C7H7N3O5.